The zero-order valence-corrected chi connectivity index (χ0v) is 19.3. The van der Waals surface area contributed by atoms with Gasteiger partial charge in [0.05, 0.1) is 28.6 Å². The maximum atomic E-state index is 13.7. The molecule has 0 bridgehead atoms. The molecule has 1 fully saturated rings. The van der Waals surface area contributed by atoms with Gasteiger partial charge in [0.15, 0.2) is 0 Å². The summed E-state index contributed by atoms with van der Waals surface area (Å²) in [5, 5.41) is 12.4. The number of benzene rings is 2. The highest BCUT2D eigenvalue weighted by Gasteiger charge is 2.22. The Morgan fingerprint density at radius 1 is 1.06 bits per heavy atom. The van der Waals surface area contributed by atoms with E-state index in [4.69, 9.17) is 4.98 Å². The summed E-state index contributed by atoms with van der Waals surface area (Å²) < 4.78 is 2.09. The van der Waals surface area contributed by atoms with Crippen LogP contribution in [0.1, 0.15) is 40.1 Å². The molecule has 1 aliphatic heterocycles. The van der Waals surface area contributed by atoms with Crippen molar-refractivity contribution in [3.05, 3.63) is 87.0 Å². The van der Waals surface area contributed by atoms with Gasteiger partial charge < -0.3 is 10.2 Å². The van der Waals surface area contributed by atoms with Gasteiger partial charge in [-0.05, 0) is 49.1 Å². The Morgan fingerprint density at radius 2 is 1.79 bits per heavy atom. The minimum atomic E-state index is -0.269. The second-order valence-corrected chi connectivity index (χ2v) is 9.32. The molecule has 0 spiro atoms. The molecule has 0 unspecified atom stereocenters. The molecule has 1 amide bonds. The van der Waals surface area contributed by atoms with Gasteiger partial charge in [-0.25, -0.2) is 4.98 Å². The number of hydrogen-bond donors (Lipinski definition) is 1. The van der Waals surface area contributed by atoms with Crippen LogP contribution >= 0.6 is 11.3 Å². The Bertz CT molecular complexity index is 1450. The predicted molar refractivity (Wildman–Crippen MR) is 135 cm³/mol. The number of rotatable bonds is 5. The van der Waals surface area contributed by atoms with E-state index in [0.717, 1.165) is 49.3 Å². The molecule has 4 aromatic rings. The standard InChI is InChI=1S/C26H23N5O2S/c27-16-18-9-5-6-10-19(18)17-31-25(33)23-21(29-26(31)30-13-7-2-8-14-30)15-22(34-23)24(32)28-20-11-3-1-4-12-20/h1,3-6,9-12,15H,2,7-8,13-14,17H2,(H,28,32). The van der Waals surface area contributed by atoms with E-state index in [0.29, 0.717) is 32.3 Å². The van der Waals surface area contributed by atoms with E-state index in [1.54, 1.807) is 16.7 Å². The van der Waals surface area contributed by atoms with E-state index in [-0.39, 0.29) is 18.0 Å². The monoisotopic (exact) mass is 469 g/mol. The van der Waals surface area contributed by atoms with Crippen LogP contribution in [-0.2, 0) is 6.54 Å². The van der Waals surface area contributed by atoms with Crippen LogP contribution in [0.15, 0.2) is 65.5 Å². The van der Waals surface area contributed by atoms with E-state index in [1.807, 2.05) is 48.5 Å². The summed E-state index contributed by atoms with van der Waals surface area (Å²) >= 11 is 1.15. The Labute approximate surface area is 200 Å². The largest absolute Gasteiger partial charge is 0.342 e. The molecule has 0 saturated carbocycles. The molecule has 1 saturated heterocycles. The molecule has 170 valence electrons. The van der Waals surface area contributed by atoms with Gasteiger partial charge in [0.2, 0.25) is 5.95 Å². The number of para-hydroxylation sites is 1. The molecule has 8 heteroatoms. The first-order valence-corrected chi connectivity index (χ1v) is 12.1. The third kappa shape index (κ3) is 4.30. The van der Waals surface area contributed by atoms with E-state index in [1.165, 1.54) is 0 Å². The topological polar surface area (TPSA) is 91.0 Å². The van der Waals surface area contributed by atoms with Crippen LogP contribution in [0.3, 0.4) is 0 Å². The van der Waals surface area contributed by atoms with Crippen molar-refractivity contribution in [2.45, 2.75) is 25.8 Å². The van der Waals surface area contributed by atoms with Gasteiger partial charge in [0.1, 0.15) is 4.70 Å². The smallest absolute Gasteiger partial charge is 0.273 e. The molecule has 34 heavy (non-hydrogen) atoms. The minimum absolute atomic E-state index is 0.193. The van der Waals surface area contributed by atoms with Gasteiger partial charge >= 0.3 is 0 Å². The van der Waals surface area contributed by atoms with E-state index in [9.17, 15) is 14.9 Å². The molecule has 0 aliphatic carbocycles. The summed E-state index contributed by atoms with van der Waals surface area (Å²) in [6.07, 6.45) is 3.23. The van der Waals surface area contributed by atoms with Crippen molar-refractivity contribution in [2.24, 2.45) is 0 Å². The first kappa shape index (κ1) is 21.9. The van der Waals surface area contributed by atoms with Crippen molar-refractivity contribution >= 4 is 39.1 Å². The third-order valence-corrected chi connectivity index (χ3v) is 7.09. The molecule has 0 atom stereocenters. The maximum absolute atomic E-state index is 13.7. The quantitative estimate of drug-likeness (QED) is 0.461. The SMILES string of the molecule is N#Cc1ccccc1Cn1c(N2CCCCC2)nc2cc(C(=O)Nc3ccccc3)sc2c1=O. The molecule has 2 aromatic carbocycles. The third-order valence-electron chi connectivity index (χ3n) is 5.97. The number of hydrogen-bond acceptors (Lipinski definition) is 6. The molecule has 7 nitrogen and oxygen atoms in total. The second-order valence-electron chi connectivity index (χ2n) is 8.26. The first-order chi connectivity index (χ1) is 16.6. The lowest BCUT2D eigenvalue weighted by Crippen LogP contribution is -2.36. The van der Waals surface area contributed by atoms with Gasteiger partial charge in [0.25, 0.3) is 11.5 Å². The highest BCUT2D eigenvalue weighted by Crippen LogP contribution is 2.27. The number of nitrogens with one attached hydrogen (secondary N) is 1. The minimum Gasteiger partial charge on any atom is -0.342 e. The average molecular weight is 470 g/mol. The molecule has 3 heterocycles. The lowest BCUT2D eigenvalue weighted by molar-refractivity contribution is 0.103. The van der Waals surface area contributed by atoms with Crippen LogP contribution in [0, 0.1) is 11.3 Å². The number of thiophene rings is 1. The van der Waals surface area contributed by atoms with Crippen LogP contribution in [0.5, 0.6) is 0 Å². The number of carbonyl (C=O) groups excluding carboxylic acids is 1. The predicted octanol–water partition coefficient (Wildman–Crippen LogP) is 4.62. The summed E-state index contributed by atoms with van der Waals surface area (Å²) in [7, 11) is 0. The van der Waals surface area contributed by atoms with Crippen molar-refractivity contribution in [1.82, 2.24) is 9.55 Å². The molecule has 1 N–H and O–H groups in total. The summed E-state index contributed by atoms with van der Waals surface area (Å²) in [6.45, 7) is 1.90. The number of fused-ring (bicyclic) bond motifs is 1. The van der Waals surface area contributed by atoms with Gasteiger partial charge in [0, 0.05) is 18.8 Å². The van der Waals surface area contributed by atoms with E-state index >= 15 is 0 Å². The summed E-state index contributed by atoms with van der Waals surface area (Å²) in [6, 6.07) is 20.4. The van der Waals surface area contributed by atoms with E-state index < -0.39 is 0 Å². The molecule has 0 radical (unpaired) electrons. The number of piperidine rings is 1. The normalized spacial score (nSPS) is 13.6. The van der Waals surface area contributed by atoms with Crippen LogP contribution < -0.4 is 15.8 Å². The van der Waals surface area contributed by atoms with Crippen molar-refractivity contribution in [2.75, 3.05) is 23.3 Å². The molecule has 2 aromatic heterocycles. The number of anilines is 2. The zero-order chi connectivity index (χ0) is 23.5. The van der Waals surface area contributed by atoms with Crippen LogP contribution in [-0.4, -0.2) is 28.5 Å². The van der Waals surface area contributed by atoms with E-state index in [2.05, 4.69) is 16.3 Å². The van der Waals surface area contributed by atoms with Gasteiger partial charge in [-0.2, -0.15) is 5.26 Å². The lowest BCUT2D eigenvalue weighted by Gasteiger charge is -2.29. The molecule has 5 rings (SSSR count). The first-order valence-electron chi connectivity index (χ1n) is 11.3. The van der Waals surface area contributed by atoms with Crippen molar-refractivity contribution in [1.29, 1.82) is 5.26 Å². The molecular weight excluding hydrogens is 446 g/mol. The fourth-order valence-electron chi connectivity index (χ4n) is 4.24. The fraction of sp³-hybridized carbons (Fsp3) is 0.231. The van der Waals surface area contributed by atoms with Crippen LogP contribution in [0.25, 0.3) is 10.2 Å². The zero-order valence-electron chi connectivity index (χ0n) is 18.5. The second kappa shape index (κ2) is 9.49. The fourth-order valence-corrected chi connectivity index (χ4v) is 5.18. The Kier molecular flexibility index (Phi) is 6.11. The number of carbonyl (C=O) groups is 1. The van der Waals surface area contributed by atoms with Crippen molar-refractivity contribution in [3.8, 4) is 6.07 Å². The highest BCUT2D eigenvalue weighted by molar-refractivity contribution is 7.20. The lowest BCUT2D eigenvalue weighted by atomic mass is 10.1. The number of aromatic nitrogens is 2. The van der Waals surface area contributed by atoms with Gasteiger partial charge in [-0.1, -0.05) is 36.4 Å². The molecular formula is C26H23N5O2S. The average Bonchev–Trinajstić information content (AvgIpc) is 3.32. The Morgan fingerprint density at radius 3 is 2.56 bits per heavy atom. The van der Waals surface area contributed by atoms with Crippen LogP contribution in [0.4, 0.5) is 11.6 Å². The van der Waals surface area contributed by atoms with Crippen molar-refractivity contribution < 1.29 is 4.79 Å². The van der Waals surface area contributed by atoms with Crippen LogP contribution in [0.2, 0.25) is 0 Å². The highest BCUT2D eigenvalue weighted by atomic mass is 32.1. The molecule has 1 aliphatic rings. The summed E-state index contributed by atoms with van der Waals surface area (Å²) in [4.78, 5) is 34.0. The maximum Gasteiger partial charge on any atom is 0.273 e. The summed E-state index contributed by atoms with van der Waals surface area (Å²) in [5.74, 6) is 0.326. The summed E-state index contributed by atoms with van der Waals surface area (Å²) in [5.41, 5.74) is 2.33. The van der Waals surface area contributed by atoms with Gasteiger partial charge in [-0.3, -0.25) is 14.2 Å². The number of nitrogens with zero attached hydrogens (tertiary/aromatic N) is 4. The Balaban J connectivity index is 1.59. The number of amides is 1. The van der Waals surface area contributed by atoms with Crippen molar-refractivity contribution in [3.63, 3.8) is 0 Å². The number of nitriles is 1. The van der Waals surface area contributed by atoms with Gasteiger partial charge in [-0.15, -0.1) is 11.3 Å². The Hall–Kier alpha value is -3.96.